The molecule has 0 bridgehead atoms. The molecule has 1 aromatic rings. The SMILES string of the molecule is COc1cnccc1C(=O)N1CCCCCC1CC(C)O. The first-order valence-corrected chi connectivity index (χ1v) is 7.60. The third kappa shape index (κ3) is 3.94. The highest BCUT2D eigenvalue weighted by atomic mass is 16.5. The van der Waals surface area contributed by atoms with E-state index >= 15 is 0 Å². The van der Waals surface area contributed by atoms with Crippen LogP contribution in [0.5, 0.6) is 5.75 Å². The Labute approximate surface area is 125 Å². The van der Waals surface area contributed by atoms with Gasteiger partial charge in [-0.1, -0.05) is 12.8 Å². The summed E-state index contributed by atoms with van der Waals surface area (Å²) in [5.74, 6) is 0.476. The summed E-state index contributed by atoms with van der Waals surface area (Å²) < 4.78 is 5.25. The lowest BCUT2D eigenvalue weighted by Gasteiger charge is -2.31. The summed E-state index contributed by atoms with van der Waals surface area (Å²) in [6.45, 7) is 2.52. The maximum Gasteiger partial charge on any atom is 0.257 e. The highest BCUT2D eigenvalue weighted by Crippen LogP contribution is 2.25. The molecule has 1 amide bonds. The van der Waals surface area contributed by atoms with Crippen LogP contribution < -0.4 is 4.74 Å². The minimum Gasteiger partial charge on any atom is -0.494 e. The van der Waals surface area contributed by atoms with E-state index in [2.05, 4.69) is 4.98 Å². The predicted octanol–water partition coefficient (Wildman–Crippen LogP) is 2.25. The van der Waals surface area contributed by atoms with E-state index < -0.39 is 6.10 Å². The largest absolute Gasteiger partial charge is 0.494 e. The van der Waals surface area contributed by atoms with Crippen LogP contribution in [0.25, 0.3) is 0 Å². The number of hydrogen-bond donors (Lipinski definition) is 1. The van der Waals surface area contributed by atoms with E-state index in [0.717, 1.165) is 32.2 Å². The number of rotatable bonds is 4. The zero-order chi connectivity index (χ0) is 15.2. The van der Waals surface area contributed by atoms with Crippen molar-refractivity contribution in [1.29, 1.82) is 0 Å². The van der Waals surface area contributed by atoms with Gasteiger partial charge in [-0.3, -0.25) is 9.78 Å². The molecule has 0 radical (unpaired) electrons. The van der Waals surface area contributed by atoms with E-state index in [-0.39, 0.29) is 11.9 Å². The van der Waals surface area contributed by atoms with Gasteiger partial charge in [-0.15, -0.1) is 0 Å². The number of likely N-dealkylation sites (tertiary alicyclic amines) is 1. The Hall–Kier alpha value is -1.62. The molecule has 21 heavy (non-hydrogen) atoms. The number of aromatic nitrogens is 1. The van der Waals surface area contributed by atoms with Crippen LogP contribution in [0.3, 0.4) is 0 Å². The average Bonchev–Trinajstić information content (AvgIpc) is 2.71. The fourth-order valence-corrected chi connectivity index (χ4v) is 2.96. The molecular formula is C16H24N2O3. The molecule has 0 aromatic carbocycles. The second-order valence-corrected chi connectivity index (χ2v) is 5.66. The third-order valence-electron chi connectivity index (χ3n) is 3.99. The minimum absolute atomic E-state index is 0.0261. The number of carbonyl (C=O) groups is 1. The van der Waals surface area contributed by atoms with Crippen molar-refractivity contribution in [3.63, 3.8) is 0 Å². The molecule has 116 valence electrons. The second-order valence-electron chi connectivity index (χ2n) is 5.66. The Bertz CT molecular complexity index is 476. The zero-order valence-corrected chi connectivity index (χ0v) is 12.8. The summed E-state index contributed by atoms with van der Waals surface area (Å²) in [6.07, 6.45) is 7.59. The van der Waals surface area contributed by atoms with Crippen molar-refractivity contribution in [2.45, 2.75) is 51.2 Å². The van der Waals surface area contributed by atoms with Gasteiger partial charge in [0.1, 0.15) is 5.75 Å². The number of methoxy groups -OCH3 is 1. The number of hydrogen-bond acceptors (Lipinski definition) is 4. The van der Waals surface area contributed by atoms with Crippen molar-refractivity contribution in [2.24, 2.45) is 0 Å². The van der Waals surface area contributed by atoms with Crippen LogP contribution in [0.15, 0.2) is 18.5 Å². The van der Waals surface area contributed by atoms with E-state index in [9.17, 15) is 9.90 Å². The average molecular weight is 292 g/mol. The monoisotopic (exact) mass is 292 g/mol. The van der Waals surface area contributed by atoms with Crippen molar-refractivity contribution < 1.29 is 14.6 Å². The zero-order valence-electron chi connectivity index (χ0n) is 12.8. The Morgan fingerprint density at radius 1 is 1.52 bits per heavy atom. The minimum atomic E-state index is -0.400. The molecule has 1 N–H and O–H groups in total. The van der Waals surface area contributed by atoms with E-state index in [1.807, 2.05) is 4.90 Å². The molecule has 5 nitrogen and oxygen atoms in total. The van der Waals surface area contributed by atoms with Crippen molar-refractivity contribution in [1.82, 2.24) is 9.88 Å². The van der Waals surface area contributed by atoms with Gasteiger partial charge in [-0.2, -0.15) is 0 Å². The van der Waals surface area contributed by atoms with Crippen LogP contribution in [0.1, 0.15) is 49.4 Å². The van der Waals surface area contributed by atoms with Gasteiger partial charge in [0.2, 0.25) is 0 Å². The highest BCUT2D eigenvalue weighted by molar-refractivity contribution is 5.97. The quantitative estimate of drug-likeness (QED) is 0.924. The Balaban J connectivity index is 2.24. The predicted molar refractivity (Wildman–Crippen MR) is 80.4 cm³/mol. The Kier molecular flexibility index (Phi) is 5.56. The molecule has 0 aliphatic carbocycles. The summed E-state index contributed by atoms with van der Waals surface area (Å²) in [6, 6.07) is 1.80. The molecule has 1 saturated heterocycles. The van der Waals surface area contributed by atoms with Gasteiger partial charge in [-0.05, 0) is 32.3 Å². The molecule has 5 heteroatoms. The first kappa shape index (κ1) is 15.8. The van der Waals surface area contributed by atoms with Crippen LogP contribution in [0.2, 0.25) is 0 Å². The van der Waals surface area contributed by atoms with Gasteiger partial charge in [0, 0.05) is 18.8 Å². The number of aliphatic hydroxyl groups excluding tert-OH is 1. The number of ether oxygens (including phenoxy) is 1. The first-order valence-electron chi connectivity index (χ1n) is 7.60. The van der Waals surface area contributed by atoms with Gasteiger partial charge in [0.25, 0.3) is 5.91 Å². The van der Waals surface area contributed by atoms with Crippen LogP contribution in [0.4, 0.5) is 0 Å². The molecule has 1 aliphatic heterocycles. The van der Waals surface area contributed by atoms with Crippen LogP contribution in [-0.4, -0.2) is 46.7 Å². The molecule has 2 atom stereocenters. The van der Waals surface area contributed by atoms with Crippen molar-refractivity contribution in [2.75, 3.05) is 13.7 Å². The fraction of sp³-hybridized carbons (Fsp3) is 0.625. The number of aliphatic hydroxyl groups is 1. The number of nitrogens with zero attached hydrogens (tertiary/aromatic N) is 2. The van der Waals surface area contributed by atoms with E-state index in [1.165, 1.54) is 0 Å². The topological polar surface area (TPSA) is 62.7 Å². The lowest BCUT2D eigenvalue weighted by atomic mass is 10.0. The first-order chi connectivity index (χ1) is 10.1. The molecule has 1 aromatic heterocycles. The number of pyridine rings is 1. The summed E-state index contributed by atoms with van der Waals surface area (Å²) in [5, 5.41) is 9.69. The Morgan fingerprint density at radius 2 is 2.33 bits per heavy atom. The van der Waals surface area contributed by atoms with E-state index in [1.54, 1.807) is 32.5 Å². The lowest BCUT2D eigenvalue weighted by Crippen LogP contribution is -2.41. The molecule has 0 saturated carbocycles. The van der Waals surface area contributed by atoms with Gasteiger partial charge in [0.15, 0.2) is 0 Å². The number of carbonyl (C=O) groups excluding carboxylic acids is 1. The summed E-state index contributed by atoms with van der Waals surface area (Å²) in [4.78, 5) is 18.8. The molecule has 1 fully saturated rings. The molecule has 1 aliphatic rings. The van der Waals surface area contributed by atoms with Gasteiger partial charge in [-0.25, -0.2) is 0 Å². The molecule has 2 rings (SSSR count). The van der Waals surface area contributed by atoms with Gasteiger partial charge < -0.3 is 14.7 Å². The molecular weight excluding hydrogens is 268 g/mol. The van der Waals surface area contributed by atoms with Gasteiger partial charge >= 0.3 is 0 Å². The van der Waals surface area contributed by atoms with Crippen LogP contribution >= 0.6 is 0 Å². The van der Waals surface area contributed by atoms with Crippen LogP contribution in [0, 0.1) is 0 Å². The molecule has 2 heterocycles. The van der Waals surface area contributed by atoms with E-state index in [0.29, 0.717) is 17.7 Å². The summed E-state index contributed by atoms with van der Waals surface area (Å²) in [5.41, 5.74) is 0.546. The lowest BCUT2D eigenvalue weighted by molar-refractivity contribution is 0.0604. The standard InChI is InChI=1S/C16H24N2O3/c1-12(19)10-13-6-4-3-5-9-18(13)16(20)14-7-8-17-11-15(14)21-2/h7-8,11-13,19H,3-6,9-10H2,1-2H3. The third-order valence-corrected chi connectivity index (χ3v) is 3.99. The van der Waals surface area contributed by atoms with E-state index in [4.69, 9.17) is 4.74 Å². The highest BCUT2D eigenvalue weighted by Gasteiger charge is 2.28. The maximum atomic E-state index is 12.9. The molecule has 0 spiro atoms. The normalized spacial score (nSPS) is 20.7. The smallest absolute Gasteiger partial charge is 0.257 e. The maximum absolute atomic E-state index is 12.9. The fourth-order valence-electron chi connectivity index (χ4n) is 2.96. The van der Waals surface area contributed by atoms with Gasteiger partial charge in [0.05, 0.1) is 25.0 Å². The molecule has 2 unspecified atom stereocenters. The Morgan fingerprint density at radius 3 is 3.05 bits per heavy atom. The van der Waals surface area contributed by atoms with Crippen molar-refractivity contribution >= 4 is 5.91 Å². The summed E-state index contributed by atoms with van der Waals surface area (Å²) in [7, 11) is 1.55. The van der Waals surface area contributed by atoms with Crippen LogP contribution in [-0.2, 0) is 0 Å². The second kappa shape index (κ2) is 7.41. The van der Waals surface area contributed by atoms with Crippen molar-refractivity contribution in [3.8, 4) is 5.75 Å². The van der Waals surface area contributed by atoms with Crippen molar-refractivity contribution in [3.05, 3.63) is 24.0 Å². The summed E-state index contributed by atoms with van der Waals surface area (Å²) >= 11 is 0. The number of amides is 1.